The predicted molar refractivity (Wildman–Crippen MR) is 107 cm³/mol. The lowest BCUT2D eigenvalue weighted by Gasteiger charge is -2.19. The van der Waals surface area contributed by atoms with E-state index in [1.807, 2.05) is 32.0 Å². The average Bonchev–Trinajstić information content (AvgIpc) is 3.26. The zero-order valence-corrected chi connectivity index (χ0v) is 17.3. The quantitative estimate of drug-likeness (QED) is 0.373. The fourth-order valence-electron chi connectivity index (χ4n) is 3.82. The minimum atomic E-state index is -0.870. The van der Waals surface area contributed by atoms with Crippen LogP contribution in [0.1, 0.15) is 36.8 Å². The number of amides is 4. The Balaban J connectivity index is 1.35. The van der Waals surface area contributed by atoms with Gasteiger partial charge in [-0.25, -0.2) is 4.79 Å². The smallest absolute Gasteiger partial charge is 0.326 e. The van der Waals surface area contributed by atoms with E-state index in [-0.39, 0.29) is 13.2 Å². The molecule has 1 aromatic carbocycles. The summed E-state index contributed by atoms with van der Waals surface area (Å²) >= 11 is 0. The first-order valence-corrected chi connectivity index (χ1v) is 10.1. The second-order valence-corrected chi connectivity index (χ2v) is 7.74. The summed E-state index contributed by atoms with van der Waals surface area (Å²) in [6.07, 6.45) is 2.88. The number of ether oxygens (including phenoxy) is 2. The van der Waals surface area contributed by atoms with Gasteiger partial charge in [0.15, 0.2) is 6.61 Å². The Morgan fingerprint density at radius 3 is 2.63 bits per heavy atom. The maximum atomic E-state index is 12.5. The molecule has 1 heterocycles. The first-order valence-electron chi connectivity index (χ1n) is 10.1. The van der Waals surface area contributed by atoms with Crippen LogP contribution in [0.15, 0.2) is 18.2 Å². The number of benzene rings is 1. The Hall–Kier alpha value is -3.10. The average molecular weight is 417 g/mol. The second kappa shape index (κ2) is 9.15. The third-order valence-corrected chi connectivity index (χ3v) is 5.37. The maximum Gasteiger partial charge on any atom is 0.326 e. The van der Waals surface area contributed by atoms with Crippen molar-refractivity contribution in [3.63, 3.8) is 0 Å². The van der Waals surface area contributed by atoms with Crippen LogP contribution < -0.4 is 15.4 Å². The molecule has 1 aliphatic heterocycles. The fourth-order valence-corrected chi connectivity index (χ4v) is 3.82. The molecule has 9 nitrogen and oxygen atoms in total. The van der Waals surface area contributed by atoms with Crippen molar-refractivity contribution in [2.45, 2.75) is 45.1 Å². The standard InChI is InChI=1S/C21H27N3O6/c1-14-5-6-16(15(2)11-14)29-10-9-22-17(25)13-30-18(26)12-24-19(27)21(23-20(24)28)7-3-4-8-21/h5-6,11H,3-4,7-10,12-13H2,1-2H3,(H,22,25)(H,23,28). The summed E-state index contributed by atoms with van der Waals surface area (Å²) in [7, 11) is 0. The summed E-state index contributed by atoms with van der Waals surface area (Å²) < 4.78 is 10.5. The van der Waals surface area contributed by atoms with Crippen LogP contribution >= 0.6 is 0 Å². The molecule has 0 unspecified atom stereocenters. The van der Waals surface area contributed by atoms with Crippen molar-refractivity contribution in [3.8, 4) is 5.75 Å². The second-order valence-electron chi connectivity index (χ2n) is 7.74. The lowest BCUT2D eigenvalue weighted by Crippen LogP contribution is -2.44. The summed E-state index contributed by atoms with van der Waals surface area (Å²) in [4.78, 5) is 49.2. The molecular formula is C21H27N3O6. The highest BCUT2D eigenvalue weighted by Gasteiger charge is 2.52. The first-order chi connectivity index (χ1) is 14.3. The third kappa shape index (κ3) is 4.90. The Kier molecular flexibility index (Phi) is 6.59. The van der Waals surface area contributed by atoms with Crippen molar-refractivity contribution in [1.29, 1.82) is 0 Å². The number of nitrogens with zero attached hydrogens (tertiary/aromatic N) is 1. The predicted octanol–water partition coefficient (Wildman–Crippen LogP) is 1.21. The number of esters is 1. The van der Waals surface area contributed by atoms with Gasteiger partial charge >= 0.3 is 12.0 Å². The van der Waals surface area contributed by atoms with Crippen molar-refractivity contribution in [1.82, 2.24) is 15.5 Å². The molecule has 1 saturated carbocycles. The zero-order valence-electron chi connectivity index (χ0n) is 17.3. The molecule has 3 rings (SSSR count). The van der Waals surface area contributed by atoms with Gasteiger partial charge in [-0.15, -0.1) is 0 Å². The van der Waals surface area contributed by atoms with Crippen molar-refractivity contribution >= 4 is 23.8 Å². The van der Waals surface area contributed by atoms with Crippen LogP contribution in [0.3, 0.4) is 0 Å². The Labute approximate surface area is 175 Å². The minimum Gasteiger partial charge on any atom is -0.491 e. The van der Waals surface area contributed by atoms with Gasteiger partial charge in [-0.2, -0.15) is 0 Å². The summed E-state index contributed by atoms with van der Waals surface area (Å²) in [6.45, 7) is 3.47. The monoisotopic (exact) mass is 417 g/mol. The van der Waals surface area contributed by atoms with Gasteiger partial charge in [0, 0.05) is 0 Å². The number of rotatable bonds is 8. The van der Waals surface area contributed by atoms with Crippen molar-refractivity contribution < 1.29 is 28.7 Å². The van der Waals surface area contributed by atoms with Crippen molar-refractivity contribution in [3.05, 3.63) is 29.3 Å². The molecule has 162 valence electrons. The number of urea groups is 1. The Morgan fingerprint density at radius 2 is 1.93 bits per heavy atom. The summed E-state index contributed by atoms with van der Waals surface area (Å²) in [5.41, 5.74) is 1.28. The Bertz CT molecular complexity index is 847. The van der Waals surface area contributed by atoms with Gasteiger partial charge in [0.05, 0.1) is 6.54 Å². The maximum absolute atomic E-state index is 12.5. The molecule has 9 heteroatoms. The highest BCUT2D eigenvalue weighted by molar-refractivity contribution is 6.08. The number of carbonyl (C=O) groups is 4. The summed E-state index contributed by atoms with van der Waals surface area (Å²) in [5, 5.41) is 5.28. The highest BCUT2D eigenvalue weighted by atomic mass is 16.5. The molecule has 0 radical (unpaired) electrons. The number of hydrogen-bond donors (Lipinski definition) is 2. The van der Waals surface area contributed by atoms with Crippen molar-refractivity contribution in [2.24, 2.45) is 0 Å². The molecule has 1 spiro atoms. The number of nitrogens with one attached hydrogen (secondary N) is 2. The van der Waals surface area contributed by atoms with E-state index >= 15 is 0 Å². The molecule has 2 aliphatic rings. The molecule has 30 heavy (non-hydrogen) atoms. The molecule has 2 fully saturated rings. The summed E-state index contributed by atoms with van der Waals surface area (Å²) in [6, 6.07) is 5.24. The van der Waals surface area contributed by atoms with E-state index in [0.717, 1.165) is 34.6 Å². The minimum absolute atomic E-state index is 0.249. The molecule has 4 amide bonds. The number of imide groups is 1. The zero-order chi connectivity index (χ0) is 21.7. The molecular weight excluding hydrogens is 390 g/mol. The fraction of sp³-hybridized carbons (Fsp3) is 0.524. The first kappa shape index (κ1) is 21.6. The molecule has 0 bridgehead atoms. The third-order valence-electron chi connectivity index (χ3n) is 5.37. The Morgan fingerprint density at radius 1 is 1.20 bits per heavy atom. The van der Waals surface area contributed by atoms with E-state index in [1.165, 1.54) is 0 Å². The van der Waals surface area contributed by atoms with Crippen molar-refractivity contribution in [2.75, 3.05) is 26.3 Å². The molecule has 0 aromatic heterocycles. The number of hydrogen-bond acceptors (Lipinski definition) is 6. The van der Waals surface area contributed by atoms with E-state index in [2.05, 4.69) is 10.6 Å². The topological polar surface area (TPSA) is 114 Å². The van der Waals surface area contributed by atoms with E-state index in [9.17, 15) is 19.2 Å². The molecule has 1 saturated heterocycles. The van der Waals surface area contributed by atoms with Crippen LogP contribution in [-0.2, 0) is 19.1 Å². The van der Waals surface area contributed by atoms with E-state index < -0.39 is 42.5 Å². The lowest BCUT2D eigenvalue weighted by molar-refractivity contribution is -0.151. The van der Waals surface area contributed by atoms with Crippen LogP contribution in [-0.4, -0.2) is 60.6 Å². The van der Waals surface area contributed by atoms with E-state index in [4.69, 9.17) is 9.47 Å². The molecule has 2 N–H and O–H groups in total. The van der Waals surface area contributed by atoms with Gasteiger partial charge in [-0.05, 0) is 38.3 Å². The van der Waals surface area contributed by atoms with Gasteiger partial charge in [-0.1, -0.05) is 30.5 Å². The number of carbonyl (C=O) groups excluding carboxylic acids is 4. The van der Waals surface area contributed by atoms with Gasteiger partial charge in [-0.3, -0.25) is 19.3 Å². The lowest BCUT2D eigenvalue weighted by atomic mass is 9.98. The van der Waals surface area contributed by atoms with E-state index in [0.29, 0.717) is 12.8 Å². The normalized spacial score (nSPS) is 17.2. The van der Waals surface area contributed by atoms with Crippen LogP contribution in [0, 0.1) is 13.8 Å². The van der Waals surface area contributed by atoms with Crippen LogP contribution in [0.4, 0.5) is 4.79 Å². The van der Waals surface area contributed by atoms with Gasteiger partial charge in [0.25, 0.3) is 11.8 Å². The van der Waals surface area contributed by atoms with Crippen LogP contribution in [0.25, 0.3) is 0 Å². The largest absolute Gasteiger partial charge is 0.491 e. The highest BCUT2D eigenvalue weighted by Crippen LogP contribution is 2.34. The van der Waals surface area contributed by atoms with E-state index in [1.54, 1.807) is 0 Å². The van der Waals surface area contributed by atoms with Gasteiger partial charge in [0.1, 0.15) is 24.4 Å². The van der Waals surface area contributed by atoms with Crippen LogP contribution in [0.5, 0.6) is 5.75 Å². The van der Waals surface area contributed by atoms with Gasteiger partial charge in [0.2, 0.25) is 0 Å². The van der Waals surface area contributed by atoms with Crippen LogP contribution in [0.2, 0.25) is 0 Å². The molecule has 0 atom stereocenters. The van der Waals surface area contributed by atoms with Gasteiger partial charge < -0.3 is 20.1 Å². The summed E-state index contributed by atoms with van der Waals surface area (Å²) in [5.74, 6) is -0.947. The molecule has 1 aliphatic carbocycles. The number of aryl methyl sites for hydroxylation is 2. The SMILES string of the molecule is Cc1ccc(OCCNC(=O)COC(=O)CN2C(=O)NC3(CCCC3)C2=O)c(C)c1. The molecule has 1 aromatic rings.